The lowest BCUT2D eigenvalue weighted by Crippen LogP contribution is -2.58. The topological polar surface area (TPSA) is 94.0 Å². The molecule has 2 saturated carbocycles. The summed E-state index contributed by atoms with van der Waals surface area (Å²) < 4.78 is 5.36. The molecule has 1 amide bonds. The van der Waals surface area contributed by atoms with Crippen molar-refractivity contribution in [3.63, 3.8) is 0 Å². The summed E-state index contributed by atoms with van der Waals surface area (Å²) >= 11 is 1.55. The summed E-state index contributed by atoms with van der Waals surface area (Å²) in [5.74, 6) is 1.58. The molecular formula is C14H22N4O2S. The Balaban J connectivity index is 1.58. The number of nitrogens with one attached hydrogen (secondary N) is 1. The molecule has 1 heterocycles. The van der Waals surface area contributed by atoms with Gasteiger partial charge in [-0.3, -0.25) is 4.79 Å². The number of hydrogen-bond acceptors (Lipinski definition) is 6. The standard InChI is InChI=1S/C14H22N4O2S/c1-9-17-18-13(20-9)21-8-6-10-3-2-7-14(10,12(15)19)16-11-4-5-11/h10-11,16H,2-8H2,1H3,(H2,15,19). The lowest BCUT2D eigenvalue weighted by atomic mass is 9.84. The van der Waals surface area contributed by atoms with E-state index in [0.29, 0.717) is 23.1 Å². The van der Waals surface area contributed by atoms with Crippen molar-refractivity contribution in [1.29, 1.82) is 0 Å². The third-order valence-corrected chi connectivity index (χ3v) is 5.35. The highest BCUT2D eigenvalue weighted by atomic mass is 32.2. The van der Waals surface area contributed by atoms with E-state index in [1.54, 1.807) is 18.7 Å². The zero-order valence-electron chi connectivity index (χ0n) is 12.3. The van der Waals surface area contributed by atoms with E-state index in [0.717, 1.165) is 44.3 Å². The van der Waals surface area contributed by atoms with Crippen molar-refractivity contribution < 1.29 is 9.21 Å². The van der Waals surface area contributed by atoms with Gasteiger partial charge in [-0.25, -0.2) is 0 Å². The van der Waals surface area contributed by atoms with Gasteiger partial charge in [0.05, 0.1) is 0 Å². The van der Waals surface area contributed by atoms with Gasteiger partial charge in [0.2, 0.25) is 11.8 Å². The number of nitrogens with zero attached hydrogens (tertiary/aromatic N) is 2. The van der Waals surface area contributed by atoms with Gasteiger partial charge in [-0.05, 0) is 38.0 Å². The molecule has 116 valence electrons. The van der Waals surface area contributed by atoms with E-state index in [1.807, 2.05) is 0 Å². The van der Waals surface area contributed by atoms with Crippen molar-refractivity contribution in [2.24, 2.45) is 11.7 Å². The van der Waals surface area contributed by atoms with E-state index >= 15 is 0 Å². The smallest absolute Gasteiger partial charge is 0.276 e. The fourth-order valence-corrected chi connectivity index (χ4v) is 4.13. The van der Waals surface area contributed by atoms with Gasteiger partial charge in [0.25, 0.3) is 5.22 Å². The van der Waals surface area contributed by atoms with Crippen LogP contribution >= 0.6 is 11.8 Å². The van der Waals surface area contributed by atoms with Crippen molar-refractivity contribution in [1.82, 2.24) is 15.5 Å². The third kappa shape index (κ3) is 3.23. The number of nitrogens with two attached hydrogens (primary N) is 1. The molecule has 21 heavy (non-hydrogen) atoms. The molecule has 0 aromatic carbocycles. The summed E-state index contributed by atoms with van der Waals surface area (Å²) in [6, 6.07) is 0.490. The second-order valence-corrected chi connectivity index (χ2v) is 7.11. The first-order valence-corrected chi connectivity index (χ1v) is 8.59. The minimum Gasteiger partial charge on any atom is -0.416 e. The Morgan fingerprint density at radius 2 is 2.29 bits per heavy atom. The first-order chi connectivity index (χ1) is 10.1. The summed E-state index contributed by atoms with van der Waals surface area (Å²) in [4.78, 5) is 12.0. The Bertz CT molecular complexity index is 517. The molecule has 6 nitrogen and oxygen atoms in total. The molecule has 7 heteroatoms. The molecule has 2 unspecified atom stereocenters. The highest BCUT2D eigenvalue weighted by Gasteiger charge is 2.49. The number of carbonyl (C=O) groups is 1. The normalized spacial score (nSPS) is 28.9. The van der Waals surface area contributed by atoms with E-state index in [2.05, 4.69) is 15.5 Å². The van der Waals surface area contributed by atoms with E-state index in [-0.39, 0.29) is 5.91 Å². The Morgan fingerprint density at radius 3 is 2.90 bits per heavy atom. The molecule has 2 aliphatic carbocycles. The molecule has 3 N–H and O–H groups in total. The molecule has 1 aromatic heterocycles. The summed E-state index contributed by atoms with van der Waals surface area (Å²) in [5, 5.41) is 11.9. The Morgan fingerprint density at radius 1 is 1.48 bits per heavy atom. The van der Waals surface area contributed by atoms with Crippen LogP contribution in [0.15, 0.2) is 9.64 Å². The SMILES string of the molecule is Cc1nnc(SCCC2CCCC2(NC2CC2)C(N)=O)o1. The maximum atomic E-state index is 12.0. The van der Waals surface area contributed by atoms with Crippen molar-refractivity contribution in [3.05, 3.63) is 5.89 Å². The number of aromatic nitrogens is 2. The van der Waals surface area contributed by atoms with Crippen LogP contribution in [0.2, 0.25) is 0 Å². The first kappa shape index (κ1) is 14.8. The lowest BCUT2D eigenvalue weighted by Gasteiger charge is -2.34. The van der Waals surface area contributed by atoms with Gasteiger partial charge in [-0.1, -0.05) is 18.2 Å². The number of hydrogen-bond donors (Lipinski definition) is 2. The predicted octanol–water partition coefficient (Wildman–Crippen LogP) is 1.64. The zero-order chi connectivity index (χ0) is 14.9. The van der Waals surface area contributed by atoms with E-state index in [4.69, 9.17) is 10.2 Å². The molecule has 2 fully saturated rings. The Labute approximate surface area is 128 Å². The van der Waals surface area contributed by atoms with Gasteiger partial charge >= 0.3 is 0 Å². The molecule has 3 rings (SSSR count). The van der Waals surface area contributed by atoms with Crippen LogP contribution in [0, 0.1) is 12.8 Å². The minimum atomic E-state index is -0.494. The van der Waals surface area contributed by atoms with E-state index in [1.165, 1.54) is 0 Å². The average molecular weight is 310 g/mol. The average Bonchev–Trinajstić information content (AvgIpc) is 3.00. The van der Waals surface area contributed by atoms with Crippen molar-refractivity contribution in [2.45, 2.75) is 62.3 Å². The van der Waals surface area contributed by atoms with Crippen LogP contribution in [0.4, 0.5) is 0 Å². The van der Waals surface area contributed by atoms with Gasteiger partial charge in [0.1, 0.15) is 5.54 Å². The largest absolute Gasteiger partial charge is 0.416 e. The number of rotatable bonds is 7. The first-order valence-electron chi connectivity index (χ1n) is 7.60. The molecular weight excluding hydrogens is 288 g/mol. The van der Waals surface area contributed by atoms with Crippen LogP contribution < -0.4 is 11.1 Å². The lowest BCUT2D eigenvalue weighted by molar-refractivity contribution is -0.126. The molecule has 0 aliphatic heterocycles. The molecule has 0 bridgehead atoms. The number of thioether (sulfide) groups is 1. The fraction of sp³-hybridized carbons (Fsp3) is 0.786. The second-order valence-electron chi connectivity index (χ2n) is 6.07. The highest BCUT2D eigenvalue weighted by molar-refractivity contribution is 7.99. The zero-order valence-corrected chi connectivity index (χ0v) is 13.1. The van der Waals surface area contributed by atoms with Gasteiger partial charge in [-0.15, -0.1) is 10.2 Å². The quantitative estimate of drug-likeness (QED) is 0.744. The van der Waals surface area contributed by atoms with E-state index < -0.39 is 5.54 Å². The van der Waals surface area contributed by atoms with Gasteiger partial charge in [0.15, 0.2) is 0 Å². The minimum absolute atomic E-state index is 0.185. The molecule has 0 radical (unpaired) electrons. The molecule has 0 saturated heterocycles. The second kappa shape index (κ2) is 5.96. The van der Waals surface area contributed by atoms with Crippen LogP contribution in [0.5, 0.6) is 0 Å². The summed E-state index contributed by atoms with van der Waals surface area (Å²) in [6.45, 7) is 1.78. The third-order valence-electron chi connectivity index (χ3n) is 4.50. The van der Waals surface area contributed by atoms with Crippen molar-refractivity contribution in [2.75, 3.05) is 5.75 Å². The Hall–Kier alpha value is -1.08. The predicted molar refractivity (Wildman–Crippen MR) is 79.8 cm³/mol. The summed E-state index contributed by atoms with van der Waals surface area (Å²) in [7, 11) is 0. The number of carbonyl (C=O) groups excluding carboxylic acids is 1. The molecule has 2 aliphatic rings. The van der Waals surface area contributed by atoms with Crippen LogP contribution in [-0.4, -0.2) is 33.4 Å². The molecule has 0 spiro atoms. The van der Waals surface area contributed by atoms with Crippen LogP contribution in [-0.2, 0) is 4.79 Å². The van der Waals surface area contributed by atoms with Gasteiger partial charge in [0, 0.05) is 18.7 Å². The van der Waals surface area contributed by atoms with Crippen molar-refractivity contribution in [3.8, 4) is 0 Å². The van der Waals surface area contributed by atoms with Crippen LogP contribution in [0.1, 0.15) is 44.4 Å². The number of primary amides is 1. The molecule has 1 aromatic rings. The molecule has 2 atom stereocenters. The van der Waals surface area contributed by atoms with Crippen LogP contribution in [0.25, 0.3) is 0 Å². The summed E-state index contributed by atoms with van der Waals surface area (Å²) in [5.41, 5.74) is 5.24. The van der Waals surface area contributed by atoms with Crippen LogP contribution in [0.3, 0.4) is 0 Å². The summed E-state index contributed by atoms with van der Waals surface area (Å²) in [6.07, 6.45) is 6.27. The monoisotopic (exact) mass is 310 g/mol. The number of aryl methyl sites for hydroxylation is 1. The van der Waals surface area contributed by atoms with Gasteiger partial charge < -0.3 is 15.5 Å². The highest BCUT2D eigenvalue weighted by Crippen LogP contribution is 2.41. The maximum absolute atomic E-state index is 12.0. The maximum Gasteiger partial charge on any atom is 0.276 e. The van der Waals surface area contributed by atoms with E-state index in [9.17, 15) is 4.79 Å². The van der Waals surface area contributed by atoms with Gasteiger partial charge in [-0.2, -0.15) is 0 Å². The fourth-order valence-electron chi connectivity index (χ4n) is 3.27. The number of amides is 1. The Kier molecular flexibility index (Phi) is 4.21. The van der Waals surface area contributed by atoms with Crippen molar-refractivity contribution >= 4 is 17.7 Å².